The molecule has 2 aromatic carbocycles. The molecular weight excluding hydrogens is 470 g/mol. The summed E-state index contributed by atoms with van der Waals surface area (Å²) in [5.74, 6) is -2.10. The molecule has 34 heavy (non-hydrogen) atoms. The maximum atomic E-state index is 14.3. The average Bonchev–Trinajstić information content (AvgIpc) is 2.79. The van der Waals surface area contributed by atoms with Crippen LogP contribution in [0.3, 0.4) is 0 Å². The first-order valence-electron chi connectivity index (χ1n) is 9.87. The molecule has 1 aliphatic heterocycles. The number of ketones is 1. The Hall–Kier alpha value is -3.99. The number of nitrogens with one attached hydrogen (secondary N) is 1. The van der Waals surface area contributed by atoms with E-state index in [0.717, 1.165) is 17.5 Å². The normalized spacial score (nSPS) is 13.1. The number of aromatic nitrogens is 1. The molecular formula is C23H18F2N2O6S. The molecule has 0 saturated carbocycles. The predicted octanol–water partition coefficient (Wildman–Crippen LogP) is 3.51. The van der Waals surface area contributed by atoms with Gasteiger partial charge in [0.05, 0.1) is 5.56 Å². The Bertz CT molecular complexity index is 1500. The largest absolute Gasteiger partial charge is 0.485 e. The molecule has 0 aliphatic carbocycles. The number of rotatable bonds is 6. The van der Waals surface area contributed by atoms with Crippen LogP contribution in [0, 0.1) is 11.6 Å². The standard InChI is InChI=1S/C23H18F2N2O6S/c1-3-34(30,31)26-14-5-7-20(33-21-6-4-13(24)8-19(21)25)16(9-14)18-11-27(2)23(29)17-10-15(28)12-32-22(17)18/h3-9,11,26H,1,10,12H2,2H3. The van der Waals surface area contributed by atoms with E-state index >= 15 is 0 Å². The summed E-state index contributed by atoms with van der Waals surface area (Å²) in [6.45, 7) is 3.00. The van der Waals surface area contributed by atoms with Gasteiger partial charge < -0.3 is 14.0 Å². The number of hydrogen-bond donors (Lipinski definition) is 1. The molecule has 2 heterocycles. The van der Waals surface area contributed by atoms with Crippen LogP contribution in [0.2, 0.25) is 0 Å². The fourth-order valence-electron chi connectivity index (χ4n) is 3.47. The number of fused-ring (bicyclic) bond motifs is 1. The number of carbonyl (C=O) groups excluding carboxylic acids is 1. The molecule has 0 saturated heterocycles. The van der Waals surface area contributed by atoms with Crippen molar-refractivity contribution in [2.24, 2.45) is 7.05 Å². The van der Waals surface area contributed by atoms with Crippen LogP contribution in [0.15, 0.2) is 59.4 Å². The molecule has 176 valence electrons. The molecule has 1 aromatic heterocycles. The van der Waals surface area contributed by atoms with Crippen molar-refractivity contribution < 1.29 is 31.5 Å². The molecule has 0 atom stereocenters. The molecule has 0 fully saturated rings. The third-order valence-corrected chi connectivity index (χ3v) is 5.99. The second-order valence-corrected chi connectivity index (χ2v) is 9.10. The monoisotopic (exact) mass is 488 g/mol. The van der Waals surface area contributed by atoms with Gasteiger partial charge in [-0.25, -0.2) is 17.2 Å². The highest BCUT2D eigenvalue weighted by atomic mass is 32.2. The molecule has 8 nitrogen and oxygen atoms in total. The molecule has 3 aromatic rings. The van der Waals surface area contributed by atoms with E-state index in [1.807, 2.05) is 0 Å². The van der Waals surface area contributed by atoms with Crippen molar-refractivity contribution in [1.29, 1.82) is 0 Å². The van der Waals surface area contributed by atoms with Gasteiger partial charge in [0, 0.05) is 48.0 Å². The van der Waals surface area contributed by atoms with E-state index in [1.165, 1.54) is 36.0 Å². The minimum atomic E-state index is -3.85. The number of ether oxygens (including phenoxy) is 2. The van der Waals surface area contributed by atoms with E-state index in [2.05, 4.69) is 11.3 Å². The number of nitrogens with zero attached hydrogens (tertiary/aromatic N) is 1. The number of Topliss-reactive ketones (excluding diaryl/α,β-unsaturated/α-hetero) is 1. The maximum absolute atomic E-state index is 14.3. The van der Waals surface area contributed by atoms with Crippen LogP contribution < -0.4 is 19.8 Å². The SMILES string of the molecule is C=CS(=O)(=O)Nc1ccc(Oc2ccc(F)cc2F)c(-c2cn(C)c(=O)c3c2OCC(=O)C3)c1. The highest BCUT2D eigenvalue weighted by molar-refractivity contribution is 7.95. The van der Waals surface area contributed by atoms with Crippen LogP contribution in [-0.4, -0.2) is 25.4 Å². The zero-order valence-electron chi connectivity index (χ0n) is 17.8. The number of benzene rings is 2. The third kappa shape index (κ3) is 4.55. The molecule has 0 spiro atoms. The molecule has 0 radical (unpaired) electrons. The topological polar surface area (TPSA) is 104 Å². The van der Waals surface area contributed by atoms with Gasteiger partial charge in [0.15, 0.2) is 17.3 Å². The minimum absolute atomic E-state index is 0.0633. The van der Waals surface area contributed by atoms with Gasteiger partial charge in [-0.3, -0.25) is 14.3 Å². The van der Waals surface area contributed by atoms with Crippen molar-refractivity contribution in [2.45, 2.75) is 6.42 Å². The maximum Gasteiger partial charge on any atom is 0.257 e. The summed E-state index contributed by atoms with van der Waals surface area (Å²) in [4.78, 5) is 24.5. The number of pyridine rings is 1. The van der Waals surface area contributed by atoms with Crippen LogP contribution in [0.5, 0.6) is 17.2 Å². The Morgan fingerprint density at radius 1 is 1.12 bits per heavy atom. The lowest BCUT2D eigenvalue weighted by atomic mass is 9.98. The summed E-state index contributed by atoms with van der Waals surface area (Å²) in [5, 5.41) is 0.730. The van der Waals surface area contributed by atoms with Gasteiger partial charge in [-0.05, 0) is 30.3 Å². The van der Waals surface area contributed by atoms with Crippen molar-refractivity contribution in [3.05, 3.63) is 82.1 Å². The lowest BCUT2D eigenvalue weighted by Crippen LogP contribution is -2.30. The molecule has 0 amide bonds. The Balaban J connectivity index is 1.93. The van der Waals surface area contributed by atoms with Gasteiger partial charge in [-0.2, -0.15) is 0 Å². The van der Waals surface area contributed by atoms with E-state index < -0.39 is 27.2 Å². The summed E-state index contributed by atoms with van der Waals surface area (Å²) in [5.41, 5.74) is 0.363. The zero-order valence-corrected chi connectivity index (χ0v) is 18.6. The summed E-state index contributed by atoms with van der Waals surface area (Å²) in [6.07, 6.45) is 1.30. The quantitative estimate of drug-likeness (QED) is 0.570. The van der Waals surface area contributed by atoms with Crippen molar-refractivity contribution in [2.75, 3.05) is 11.3 Å². The average molecular weight is 488 g/mol. The van der Waals surface area contributed by atoms with Crippen molar-refractivity contribution >= 4 is 21.5 Å². The minimum Gasteiger partial charge on any atom is -0.485 e. The van der Waals surface area contributed by atoms with E-state index in [1.54, 1.807) is 0 Å². The first kappa shape index (κ1) is 23.2. The van der Waals surface area contributed by atoms with Crippen molar-refractivity contribution in [3.63, 3.8) is 0 Å². The Labute approximate surface area is 193 Å². The van der Waals surface area contributed by atoms with Gasteiger partial charge in [0.1, 0.15) is 23.9 Å². The number of halogens is 2. The van der Waals surface area contributed by atoms with Crippen LogP contribution in [0.25, 0.3) is 11.1 Å². The van der Waals surface area contributed by atoms with Gasteiger partial charge in [-0.15, -0.1) is 0 Å². The number of sulfonamides is 1. The number of hydrogen-bond acceptors (Lipinski definition) is 6. The Kier molecular flexibility index (Phi) is 5.96. The summed E-state index contributed by atoms with van der Waals surface area (Å²) in [7, 11) is -2.37. The van der Waals surface area contributed by atoms with Crippen LogP contribution >= 0.6 is 0 Å². The first-order valence-corrected chi connectivity index (χ1v) is 11.4. The Morgan fingerprint density at radius 3 is 2.56 bits per heavy atom. The number of anilines is 1. The third-order valence-electron chi connectivity index (χ3n) is 5.03. The van der Waals surface area contributed by atoms with Gasteiger partial charge in [0.25, 0.3) is 15.6 Å². The molecule has 1 aliphatic rings. The zero-order chi connectivity index (χ0) is 24.6. The first-order chi connectivity index (χ1) is 16.1. The molecule has 0 bridgehead atoms. The smallest absolute Gasteiger partial charge is 0.257 e. The summed E-state index contributed by atoms with van der Waals surface area (Å²) in [6, 6.07) is 6.94. The highest BCUT2D eigenvalue weighted by Gasteiger charge is 2.27. The number of aryl methyl sites for hydroxylation is 1. The predicted molar refractivity (Wildman–Crippen MR) is 120 cm³/mol. The van der Waals surface area contributed by atoms with Gasteiger partial charge in [0.2, 0.25) is 0 Å². The van der Waals surface area contributed by atoms with Gasteiger partial charge >= 0.3 is 0 Å². The molecule has 0 unspecified atom stereocenters. The Morgan fingerprint density at radius 2 is 1.85 bits per heavy atom. The van der Waals surface area contributed by atoms with Crippen molar-refractivity contribution in [1.82, 2.24) is 4.57 Å². The second kappa shape index (κ2) is 8.75. The fourth-order valence-corrected chi connectivity index (χ4v) is 4.01. The summed E-state index contributed by atoms with van der Waals surface area (Å²) < 4.78 is 66.4. The van der Waals surface area contributed by atoms with E-state index in [0.29, 0.717) is 11.6 Å². The van der Waals surface area contributed by atoms with E-state index in [-0.39, 0.29) is 52.9 Å². The molecule has 1 N–H and O–H groups in total. The van der Waals surface area contributed by atoms with Crippen molar-refractivity contribution in [3.8, 4) is 28.4 Å². The lowest BCUT2D eigenvalue weighted by molar-refractivity contribution is -0.121. The number of carbonyl (C=O) groups is 1. The second-order valence-electron chi connectivity index (χ2n) is 7.47. The van der Waals surface area contributed by atoms with E-state index in [9.17, 15) is 26.8 Å². The van der Waals surface area contributed by atoms with Crippen LogP contribution in [-0.2, 0) is 28.3 Å². The summed E-state index contributed by atoms with van der Waals surface area (Å²) >= 11 is 0. The highest BCUT2D eigenvalue weighted by Crippen LogP contribution is 2.42. The van der Waals surface area contributed by atoms with Gasteiger partial charge in [-0.1, -0.05) is 6.58 Å². The van der Waals surface area contributed by atoms with E-state index in [4.69, 9.17) is 9.47 Å². The van der Waals surface area contributed by atoms with Crippen LogP contribution in [0.4, 0.5) is 14.5 Å². The fraction of sp³-hybridized carbons (Fsp3) is 0.130. The molecule has 11 heteroatoms. The molecule has 4 rings (SSSR count). The lowest BCUT2D eigenvalue weighted by Gasteiger charge is -2.22. The van der Waals surface area contributed by atoms with Crippen LogP contribution in [0.1, 0.15) is 5.56 Å².